The second-order valence-electron chi connectivity index (χ2n) is 6.60. The highest BCUT2D eigenvalue weighted by molar-refractivity contribution is 5.91. The van der Waals surface area contributed by atoms with Crippen LogP contribution in [0, 0.1) is 0 Å². The Balaban J connectivity index is 3.40. The number of hydrogen-bond donors (Lipinski definition) is 0. The van der Waals surface area contributed by atoms with Crippen molar-refractivity contribution >= 4 is 11.9 Å². The number of esters is 2. The van der Waals surface area contributed by atoms with Gasteiger partial charge in [-0.05, 0) is 18.9 Å². The van der Waals surface area contributed by atoms with E-state index >= 15 is 0 Å². The molecule has 0 aromatic rings. The lowest BCUT2D eigenvalue weighted by Gasteiger charge is -2.03. The second kappa shape index (κ2) is 17.2. The van der Waals surface area contributed by atoms with Crippen LogP contribution >= 0.6 is 0 Å². The summed E-state index contributed by atoms with van der Waals surface area (Å²) in [5, 5.41) is 0. The number of hydrogen-bond acceptors (Lipinski definition) is 4. The van der Waals surface area contributed by atoms with Crippen molar-refractivity contribution < 1.29 is 19.1 Å². The zero-order valence-electron chi connectivity index (χ0n) is 16.2. The summed E-state index contributed by atoms with van der Waals surface area (Å²) in [6, 6.07) is 0. The van der Waals surface area contributed by atoms with Crippen LogP contribution < -0.4 is 0 Å². The highest BCUT2D eigenvalue weighted by Gasteiger charge is 2.01. The molecule has 0 radical (unpaired) electrons. The van der Waals surface area contributed by atoms with Crippen molar-refractivity contribution in [3.8, 4) is 0 Å². The van der Waals surface area contributed by atoms with Gasteiger partial charge in [-0.3, -0.25) is 0 Å². The Morgan fingerprint density at radius 3 is 1.68 bits per heavy atom. The van der Waals surface area contributed by atoms with Crippen LogP contribution in [0.2, 0.25) is 0 Å². The number of carbonyl (C=O) groups excluding carboxylic acids is 2. The minimum Gasteiger partial charge on any atom is -0.463 e. The Bertz CT molecular complexity index is 399. The molecular formula is C21H36O4. The van der Waals surface area contributed by atoms with Crippen LogP contribution in [-0.4, -0.2) is 25.2 Å². The van der Waals surface area contributed by atoms with E-state index in [2.05, 4.69) is 13.5 Å². The Kier molecular flexibility index (Phi) is 16.2. The van der Waals surface area contributed by atoms with Crippen LogP contribution in [0.25, 0.3) is 0 Å². The molecule has 0 heterocycles. The van der Waals surface area contributed by atoms with E-state index in [0.717, 1.165) is 30.6 Å². The maximum atomic E-state index is 11.4. The molecule has 0 unspecified atom stereocenters. The molecule has 0 aromatic carbocycles. The lowest BCUT2D eigenvalue weighted by molar-refractivity contribution is -0.140. The van der Waals surface area contributed by atoms with E-state index in [0.29, 0.717) is 6.61 Å². The van der Waals surface area contributed by atoms with Crippen LogP contribution in [0.1, 0.15) is 84.5 Å². The maximum Gasteiger partial charge on any atom is 0.331 e. The van der Waals surface area contributed by atoms with Gasteiger partial charge in [-0.2, -0.15) is 0 Å². The Hall–Kier alpha value is -1.58. The fourth-order valence-electron chi connectivity index (χ4n) is 2.37. The van der Waals surface area contributed by atoms with E-state index in [1.54, 1.807) is 6.92 Å². The summed E-state index contributed by atoms with van der Waals surface area (Å²) in [6.07, 6.45) is 16.0. The summed E-state index contributed by atoms with van der Waals surface area (Å²) >= 11 is 0. The third kappa shape index (κ3) is 18.6. The van der Waals surface area contributed by atoms with Gasteiger partial charge in [0.1, 0.15) is 6.61 Å². The maximum absolute atomic E-state index is 11.4. The van der Waals surface area contributed by atoms with Gasteiger partial charge in [0.05, 0.1) is 6.61 Å². The molecule has 4 nitrogen and oxygen atoms in total. The molecule has 0 aliphatic carbocycles. The number of unbranched alkanes of at least 4 members (excludes halogenated alkanes) is 10. The SMILES string of the molecule is C=C(C)COC(=O)C=CC(=O)OCCCCCCCCCCCCC. The zero-order chi connectivity index (χ0) is 18.8. The minimum absolute atomic E-state index is 0.164. The summed E-state index contributed by atoms with van der Waals surface area (Å²) < 4.78 is 9.89. The van der Waals surface area contributed by atoms with Crippen LogP contribution in [0.4, 0.5) is 0 Å². The molecule has 0 amide bonds. The van der Waals surface area contributed by atoms with Crippen LogP contribution in [0.3, 0.4) is 0 Å². The van der Waals surface area contributed by atoms with Crippen LogP contribution in [-0.2, 0) is 19.1 Å². The molecule has 25 heavy (non-hydrogen) atoms. The van der Waals surface area contributed by atoms with E-state index in [1.807, 2.05) is 0 Å². The van der Waals surface area contributed by atoms with Crippen molar-refractivity contribution in [1.82, 2.24) is 0 Å². The highest BCUT2D eigenvalue weighted by atomic mass is 16.5. The van der Waals surface area contributed by atoms with Crippen molar-refractivity contribution in [2.75, 3.05) is 13.2 Å². The van der Waals surface area contributed by atoms with E-state index in [1.165, 1.54) is 57.8 Å². The van der Waals surface area contributed by atoms with Crippen molar-refractivity contribution in [3.05, 3.63) is 24.3 Å². The summed E-state index contributed by atoms with van der Waals surface area (Å²) in [6.45, 7) is 8.20. The Morgan fingerprint density at radius 2 is 1.20 bits per heavy atom. The molecule has 0 aliphatic rings. The molecule has 0 fully saturated rings. The second-order valence-corrected chi connectivity index (χ2v) is 6.60. The van der Waals surface area contributed by atoms with Crippen LogP contribution in [0.5, 0.6) is 0 Å². The average molecular weight is 353 g/mol. The predicted octanol–water partition coefficient (Wildman–Crippen LogP) is 5.52. The van der Waals surface area contributed by atoms with Crippen LogP contribution in [0.15, 0.2) is 24.3 Å². The van der Waals surface area contributed by atoms with E-state index in [9.17, 15) is 9.59 Å². The molecule has 0 saturated heterocycles. The first kappa shape index (κ1) is 23.4. The number of carbonyl (C=O) groups is 2. The summed E-state index contributed by atoms with van der Waals surface area (Å²) in [4.78, 5) is 22.7. The standard InChI is InChI=1S/C21H36O4/c1-4-5-6-7-8-9-10-11-12-13-14-17-24-20(22)15-16-21(23)25-18-19(2)3/h15-16H,2,4-14,17-18H2,1,3H3. The molecule has 0 N–H and O–H groups in total. The molecule has 0 aliphatic heterocycles. The monoisotopic (exact) mass is 352 g/mol. The lowest BCUT2D eigenvalue weighted by Crippen LogP contribution is -2.06. The van der Waals surface area contributed by atoms with Crippen molar-refractivity contribution in [3.63, 3.8) is 0 Å². The fourth-order valence-corrected chi connectivity index (χ4v) is 2.37. The van der Waals surface area contributed by atoms with E-state index < -0.39 is 11.9 Å². The van der Waals surface area contributed by atoms with Gasteiger partial charge in [0, 0.05) is 12.2 Å². The topological polar surface area (TPSA) is 52.6 Å². The molecule has 144 valence electrons. The quantitative estimate of drug-likeness (QED) is 0.159. The third-order valence-electron chi connectivity index (χ3n) is 3.81. The van der Waals surface area contributed by atoms with Gasteiger partial charge >= 0.3 is 11.9 Å². The molecule has 0 bridgehead atoms. The van der Waals surface area contributed by atoms with Gasteiger partial charge in [-0.25, -0.2) is 9.59 Å². The van der Waals surface area contributed by atoms with Crippen molar-refractivity contribution in [2.24, 2.45) is 0 Å². The summed E-state index contributed by atoms with van der Waals surface area (Å²) in [5.74, 6) is -1.06. The number of ether oxygens (including phenoxy) is 2. The smallest absolute Gasteiger partial charge is 0.331 e. The third-order valence-corrected chi connectivity index (χ3v) is 3.81. The predicted molar refractivity (Wildman–Crippen MR) is 102 cm³/mol. The van der Waals surface area contributed by atoms with Gasteiger partial charge < -0.3 is 9.47 Å². The number of rotatable bonds is 16. The first-order valence-electron chi connectivity index (χ1n) is 9.72. The Morgan fingerprint density at radius 1 is 0.760 bits per heavy atom. The normalized spacial score (nSPS) is 10.8. The molecule has 0 rings (SSSR count). The first-order chi connectivity index (χ1) is 12.1. The first-order valence-corrected chi connectivity index (χ1v) is 9.72. The minimum atomic E-state index is -0.561. The molecule has 0 aromatic heterocycles. The molecule has 0 atom stereocenters. The Labute approximate surface area is 153 Å². The van der Waals surface area contributed by atoms with Gasteiger partial charge in [-0.15, -0.1) is 0 Å². The molecule has 0 saturated carbocycles. The largest absolute Gasteiger partial charge is 0.463 e. The average Bonchev–Trinajstić information content (AvgIpc) is 2.59. The van der Waals surface area contributed by atoms with Gasteiger partial charge in [-0.1, -0.05) is 77.7 Å². The molecule has 0 spiro atoms. The molecule has 4 heteroatoms. The molecular weight excluding hydrogens is 316 g/mol. The van der Waals surface area contributed by atoms with Gasteiger partial charge in [0.2, 0.25) is 0 Å². The van der Waals surface area contributed by atoms with Crippen molar-refractivity contribution in [2.45, 2.75) is 84.5 Å². The van der Waals surface area contributed by atoms with E-state index in [-0.39, 0.29) is 6.61 Å². The fraction of sp³-hybridized carbons (Fsp3) is 0.714. The van der Waals surface area contributed by atoms with Crippen molar-refractivity contribution in [1.29, 1.82) is 0 Å². The summed E-state index contributed by atoms with van der Waals surface area (Å²) in [5.41, 5.74) is 0.751. The highest BCUT2D eigenvalue weighted by Crippen LogP contribution is 2.11. The zero-order valence-corrected chi connectivity index (χ0v) is 16.2. The lowest BCUT2D eigenvalue weighted by atomic mass is 10.1. The van der Waals surface area contributed by atoms with Gasteiger partial charge in [0.15, 0.2) is 0 Å². The van der Waals surface area contributed by atoms with Gasteiger partial charge in [0.25, 0.3) is 0 Å². The summed E-state index contributed by atoms with van der Waals surface area (Å²) in [7, 11) is 0. The van der Waals surface area contributed by atoms with E-state index in [4.69, 9.17) is 9.47 Å².